The number of rotatable bonds is 6. The van der Waals surface area contributed by atoms with Gasteiger partial charge in [-0.15, -0.1) is 11.3 Å². The van der Waals surface area contributed by atoms with E-state index in [0.29, 0.717) is 10.6 Å². The Kier molecular flexibility index (Phi) is 4.56. The van der Waals surface area contributed by atoms with Gasteiger partial charge < -0.3 is 25.2 Å². The van der Waals surface area contributed by atoms with Gasteiger partial charge in [0.2, 0.25) is 0 Å². The number of carbonyl (C=O) groups excluding carboxylic acids is 1. The average Bonchev–Trinajstić information content (AvgIpc) is 3.14. The van der Waals surface area contributed by atoms with Gasteiger partial charge in [-0.3, -0.25) is 4.79 Å². The second-order valence-electron chi connectivity index (χ2n) is 4.43. The van der Waals surface area contributed by atoms with Gasteiger partial charge in [0.25, 0.3) is 5.91 Å². The Morgan fingerprint density at radius 2 is 1.80 bits per heavy atom. The number of carbonyl (C=O) groups is 1. The van der Waals surface area contributed by atoms with E-state index in [2.05, 4.69) is 5.32 Å². The lowest BCUT2D eigenvalue weighted by atomic mass is 10.0. The number of aromatic nitrogens is 1. The zero-order valence-electron chi connectivity index (χ0n) is 10.7. The molecule has 0 unspecified atom stereocenters. The third kappa shape index (κ3) is 2.75. The van der Waals surface area contributed by atoms with Gasteiger partial charge in [0.05, 0.1) is 25.5 Å². The van der Waals surface area contributed by atoms with Gasteiger partial charge in [0.15, 0.2) is 0 Å². The summed E-state index contributed by atoms with van der Waals surface area (Å²) < 4.78 is 1.80. The van der Waals surface area contributed by atoms with Crippen molar-refractivity contribution in [2.75, 3.05) is 19.8 Å². The summed E-state index contributed by atoms with van der Waals surface area (Å²) in [5.74, 6) is -0.444. The summed E-state index contributed by atoms with van der Waals surface area (Å²) in [5, 5.41) is 32.0. The minimum atomic E-state index is -1.42. The van der Waals surface area contributed by atoms with Crippen LogP contribution in [0.1, 0.15) is 9.67 Å². The van der Waals surface area contributed by atoms with E-state index >= 15 is 0 Å². The molecule has 108 valence electrons. The molecule has 4 N–H and O–H groups in total. The molecule has 0 bridgehead atoms. The van der Waals surface area contributed by atoms with E-state index in [0.717, 1.165) is 0 Å². The van der Waals surface area contributed by atoms with E-state index in [-0.39, 0.29) is 0 Å². The summed E-state index contributed by atoms with van der Waals surface area (Å²) in [6.07, 6.45) is 3.63. The molecular weight excluding hydrogens is 280 g/mol. The number of nitrogens with zero attached hydrogens (tertiary/aromatic N) is 1. The van der Waals surface area contributed by atoms with Gasteiger partial charge in [-0.1, -0.05) is 0 Å². The summed E-state index contributed by atoms with van der Waals surface area (Å²) in [6, 6.07) is 5.50. The number of nitrogens with one attached hydrogen (secondary N) is 1. The number of aliphatic hydroxyl groups is 3. The third-order valence-electron chi connectivity index (χ3n) is 3.02. The highest BCUT2D eigenvalue weighted by Gasteiger charge is 2.31. The molecule has 20 heavy (non-hydrogen) atoms. The Bertz CT molecular complexity index is 552. The predicted octanol–water partition coefficient (Wildman–Crippen LogP) is -0.0157. The average molecular weight is 296 g/mol. The predicted molar refractivity (Wildman–Crippen MR) is 75.1 cm³/mol. The lowest BCUT2D eigenvalue weighted by Gasteiger charge is -2.28. The highest BCUT2D eigenvalue weighted by Crippen LogP contribution is 2.22. The van der Waals surface area contributed by atoms with Gasteiger partial charge in [-0.25, -0.2) is 0 Å². The maximum Gasteiger partial charge on any atom is 0.264 e. The molecule has 2 aromatic rings. The number of amides is 1. The smallest absolute Gasteiger partial charge is 0.264 e. The maximum atomic E-state index is 12.3. The van der Waals surface area contributed by atoms with Crippen LogP contribution in [-0.4, -0.2) is 51.2 Å². The molecule has 2 heterocycles. The molecule has 0 spiro atoms. The third-order valence-corrected chi connectivity index (χ3v) is 3.92. The molecule has 0 aromatic carbocycles. The summed E-state index contributed by atoms with van der Waals surface area (Å²) >= 11 is 1.25. The minimum absolute atomic E-state index is 0.444. The van der Waals surface area contributed by atoms with Crippen LogP contribution >= 0.6 is 11.3 Å². The Labute approximate surface area is 119 Å². The lowest BCUT2D eigenvalue weighted by Crippen LogP contribution is -2.57. The van der Waals surface area contributed by atoms with E-state index in [1.165, 1.54) is 11.3 Å². The first-order valence-corrected chi connectivity index (χ1v) is 6.89. The molecular formula is C13H16N2O4S. The molecule has 0 fully saturated rings. The summed E-state index contributed by atoms with van der Waals surface area (Å²) in [7, 11) is 0. The SMILES string of the molecule is O=C(NC(CO)(CO)CO)c1sccc1-n1cccc1. The standard InChI is InChI=1S/C13H16N2O4S/c16-7-13(8-17,9-18)14-12(19)11-10(3-6-20-11)15-4-1-2-5-15/h1-6,16-18H,7-9H2,(H,14,19). The highest BCUT2D eigenvalue weighted by atomic mass is 32.1. The van der Waals surface area contributed by atoms with Crippen molar-refractivity contribution >= 4 is 17.2 Å². The molecule has 7 heteroatoms. The fraction of sp³-hybridized carbons (Fsp3) is 0.308. The van der Waals surface area contributed by atoms with Crippen molar-refractivity contribution < 1.29 is 20.1 Å². The molecule has 0 atom stereocenters. The van der Waals surface area contributed by atoms with Crippen molar-refractivity contribution in [3.63, 3.8) is 0 Å². The summed E-state index contributed by atoms with van der Waals surface area (Å²) in [6.45, 7) is -1.64. The van der Waals surface area contributed by atoms with E-state index in [1.807, 2.05) is 24.5 Å². The fourth-order valence-electron chi connectivity index (χ4n) is 1.74. The maximum absolute atomic E-state index is 12.3. The molecule has 0 aliphatic rings. The van der Waals surface area contributed by atoms with E-state index in [9.17, 15) is 20.1 Å². The normalized spacial score (nSPS) is 11.6. The Morgan fingerprint density at radius 3 is 2.35 bits per heavy atom. The van der Waals surface area contributed by atoms with Crippen molar-refractivity contribution in [3.8, 4) is 5.69 Å². The summed E-state index contributed by atoms with van der Waals surface area (Å²) in [5.41, 5.74) is -0.713. The topological polar surface area (TPSA) is 94.7 Å². The molecule has 6 nitrogen and oxygen atoms in total. The Hall–Kier alpha value is -1.67. The van der Waals surface area contributed by atoms with Gasteiger partial charge in [0, 0.05) is 12.4 Å². The molecule has 0 aliphatic heterocycles. The van der Waals surface area contributed by atoms with E-state index < -0.39 is 31.3 Å². The Balaban J connectivity index is 2.25. The first kappa shape index (κ1) is 14.7. The van der Waals surface area contributed by atoms with Crippen molar-refractivity contribution in [2.45, 2.75) is 5.54 Å². The van der Waals surface area contributed by atoms with E-state index in [4.69, 9.17) is 0 Å². The molecule has 0 aliphatic carbocycles. The van der Waals surface area contributed by atoms with Crippen LogP contribution in [0.25, 0.3) is 5.69 Å². The largest absolute Gasteiger partial charge is 0.394 e. The van der Waals surface area contributed by atoms with Crippen LogP contribution in [0.2, 0.25) is 0 Å². The summed E-state index contributed by atoms with van der Waals surface area (Å²) in [4.78, 5) is 12.7. The fourth-order valence-corrected chi connectivity index (χ4v) is 2.52. The Morgan fingerprint density at radius 1 is 1.20 bits per heavy atom. The quantitative estimate of drug-likeness (QED) is 0.603. The van der Waals surface area contributed by atoms with Crippen LogP contribution in [0.5, 0.6) is 0 Å². The van der Waals surface area contributed by atoms with Crippen molar-refractivity contribution in [1.29, 1.82) is 0 Å². The van der Waals surface area contributed by atoms with Gasteiger partial charge >= 0.3 is 0 Å². The zero-order chi connectivity index (χ0) is 14.6. The van der Waals surface area contributed by atoms with E-state index in [1.54, 1.807) is 16.0 Å². The second kappa shape index (κ2) is 6.19. The molecule has 0 saturated carbocycles. The lowest BCUT2D eigenvalue weighted by molar-refractivity contribution is 0.0377. The van der Waals surface area contributed by atoms with Gasteiger partial charge in [-0.05, 0) is 23.6 Å². The van der Waals surface area contributed by atoms with Crippen LogP contribution in [0, 0.1) is 0 Å². The van der Waals surface area contributed by atoms with Gasteiger partial charge in [-0.2, -0.15) is 0 Å². The monoisotopic (exact) mass is 296 g/mol. The van der Waals surface area contributed by atoms with Crippen molar-refractivity contribution in [1.82, 2.24) is 9.88 Å². The number of thiophene rings is 1. The number of aliphatic hydroxyl groups excluding tert-OH is 3. The number of hydrogen-bond acceptors (Lipinski definition) is 5. The van der Waals surface area contributed by atoms with Crippen molar-refractivity contribution in [3.05, 3.63) is 40.8 Å². The van der Waals surface area contributed by atoms with Crippen molar-refractivity contribution in [2.24, 2.45) is 0 Å². The molecule has 0 saturated heterocycles. The van der Waals surface area contributed by atoms with Crippen LogP contribution in [-0.2, 0) is 0 Å². The van der Waals surface area contributed by atoms with Crippen LogP contribution in [0.3, 0.4) is 0 Å². The first-order valence-electron chi connectivity index (χ1n) is 6.02. The van der Waals surface area contributed by atoms with Crippen LogP contribution < -0.4 is 5.32 Å². The minimum Gasteiger partial charge on any atom is -0.394 e. The molecule has 0 radical (unpaired) electrons. The second-order valence-corrected chi connectivity index (χ2v) is 5.35. The molecule has 2 aromatic heterocycles. The van der Waals surface area contributed by atoms with Crippen LogP contribution in [0.15, 0.2) is 36.0 Å². The number of hydrogen-bond donors (Lipinski definition) is 4. The van der Waals surface area contributed by atoms with Gasteiger partial charge in [0.1, 0.15) is 10.4 Å². The van der Waals surface area contributed by atoms with Crippen LogP contribution in [0.4, 0.5) is 0 Å². The zero-order valence-corrected chi connectivity index (χ0v) is 11.5. The molecule has 1 amide bonds. The molecule has 2 rings (SSSR count). The first-order chi connectivity index (χ1) is 9.65. The highest BCUT2D eigenvalue weighted by molar-refractivity contribution is 7.12.